The molecule has 0 bridgehead atoms. The predicted molar refractivity (Wildman–Crippen MR) is 125 cm³/mol. The molecule has 10 heteroatoms. The zero-order valence-electron chi connectivity index (χ0n) is 20.2. The van der Waals surface area contributed by atoms with E-state index in [1.165, 1.54) is 20.3 Å². The van der Waals surface area contributed by atoms with Gasteiger partial charge in [0.15, 0.2) is 12.1 Å². The molecule has 0 amide bonds. The zero-order valence-corrected chi connectivity index (χ0v) is 20.2. The quantitative estimate of drug-likeness (QED) is 0.243. The molecular formula is C25H36N2O8. The number of Topliss-reactive ketones (excluding diaryl/α,β-unsaturated/α-hetero) is 1. The predicted octanol–water partition coefficient (Wildman–Crippen LogP) is 1.12. The highest BCUT2D eigenvalue weighted by Crippen LogP contribution is 2.46. The van der Waals surface area contributed by atoms with E-state index in [9.17, 15) is 39.6 Å². The average molecular weight is 493 g/mol. The van der Waals surface area contributed by atoms with E-state index in [0.29, 0.717) is 11.8 Å². The first-order chi connectivity index (χ1) is 16.5. The van der Waals surface area contributed by atoms with Crippen LogP contribution in [-0.2, 0) is 19.2 Å². The fourth-order valence-electron chi connectivity index (χ4n) is 5.84. The molecule has 3 rings (SSSR count). The van der Waals surface area contributed by atoms with Crippen molar-refractivity contribution in [2.24, 2.45) is 17.8 Å². The van der Waals surface area contributed by atoms with Crippen LogP contribution < -0.4 is 10.6 Å². The monoisotopic (exact) mass is 492 g/mol. The second-order valence-corrected chi connectivity index (χ2v) is 10.1. The van der Waals surface area contributed by atoms with Gasteiger partial charge in [0, 0.05) is 11.6 Å². The number of allylic oxidation sites excluding steroid dienone is 2. The van der Waals surface area contributed by atoms with Crippen molar-refractivity contribution in [2.75, 3.05) is 0 Å². The number of nitrogens with one attached hydrogen (secondary N) is 2. The second-order valence-electron chi connectivity index (χ2n) is 10.1. The van der Waals surface area contributed by atoms with Crippen LogP contribution in [0.5, 0.6) is 0 Å². The standard InChI is InChI=1S/C25H36N2O8/c1-12(28)20(24(32)33)26-18-11-19(30)22(27-21(13(2)29)25(34)35)17(23(18)31)10-15-8-5-7-14-6-3-4-9-16(14)15/h11-16,20-21,26-29H,3-10H2,1-2H3,(H,32,33)(H,34,35)/t12-,13-,14?,15?,16?,20+,21+/m1/s1. The molecule has 2 fully saturated rings. The minimum atomic E-state index is -1.50. The van der Waals surface area contributed by atoms with E-state index < -0.39 is 47.8 Å². The van der Waals surface area contributed by atoms with Crippen LogP contribution in [0.4, 0.5) is 0 Å². The van der Waals surface area contributed by atoms with Crippen molar-refractivity contribution in [3.63, 3.8) is 0 Å². The van der Waals surface area contributed by atoms with Crippen LogP contribution in [0, 0.1) is 17.8 Å². The van der Waals surface area contributed by atoms with Crippen molar-refractivity contribution < 1.29 is 39.6 Å². The molecule has 10 nitrogen and oxygen atoms in total. The number of ketones is 2. The summed E-state index contributed by atoms with van der Waals surface area (Å²) in [6.07, 6.45) is 6.03. The van der Waals surface area contributed by atoms with Gasteiger partial charge in [0.25, 0.3) is 0 Å². The van der Waals surface area contributed by atoms with Gasteiger partial charge < -0.3 is 31.1 Å². The molecule has 194 valence electrons. The zero-order chi connectivity index (χ0) is 25.9. The number of aliphatic hydroxyl groups excluding tert-OH is 2. The van der Waals surface area contributed by atoms with E-state index in [0.717, 1.165) is 44.6 Å². The van der Waals surface area contributed by atoms with Crippen molar-refractivity contribution in [1.29, 1.82) is 0 Å². The first kappa shape index (κ1) is 26.9. The molecule has 3 unspecified atom stereocenters. The number of carbonyl (C=O) groups excluding carboxylic acids is 2. The summed E-state index contributed by atoms with van der Waals surface area (Å²) < 4.78 is 0. The number of carboxylic acid groups (broad SMARTS) is 2. The van der Waals surface area contributed by atoms with Crippen LogP contribution in [0.1, 0.15) is 65.2 Å². The molecule has 0 radical (unpaired) electrons. The van der Waals surface area contributed by atoms with Gasteiger partial charge in [-0.25, -0.2) is 9.59 Å². The summed E-state index contributed by atoms with van der Waals surface area (Å²) in [5, 5.41) is 43.8. The Balaban J connectivity index is 1.97. The Morgan fingerprint density at radius 2 is 1.49 bits per heavy atom. The molecule has 0 saturated heterocycles. The molecule has 0 aromatic carbocycles. The van der Waals surface area contributed by atoms with Crippen LogP contribution in [-0.4, -0.2) is 68.2 Å². The minimum absolute atomic E-state index is 0.0952. The molecule has 3 aliphatic rings. The Morgan fingerprint density at radius 3 is 2.09 bits per heavy atom. The van der Waals surface area contributed by atoms with E-state index in [-0.39, 0.29) is 29.3 Å². The fraction of sp³-hybridized carbons (Fsp3) is 0.680. The number of aliphatic carboxylic acids is 2. The van der Waals surface area contributed by atoms with Crippen LogP contribution >= 0.6 is 0 Å². The molecule has 0 heterocycles. The van der Waals surface area contributed by atoms with Gasteiger partial charge in [0.05, 0.1) is 23.6 Å². The maximum absolute atomic E-state index is 13.6. The summed E-state index contributed by atoms with van der Waals surface area (Å²) in [4.78, 5) is 49.9. The van der Waals surface area contributed by atoms with Gasteiger partial charge in [-0.1, -0.05) is 32.1 Å². The van der Waals surface area contributed by atoms with Crippen LogP contribution in [0.25, 0.3) is 0 Å². The summed E-state index contributed by atoms with van der Waals surface area (Å²) >= 11 is 0. The van der Waals surface area contributed by atoms with Gasteiger partial charge in [-0.3, -0.25) is 9.59 Å². The van der Waals surface area contributed by atoms with E-state index in [1.54, 1.807) is 0 Å². The number of hydrogen-bond acceptors (Lipinski definition) is 8. The van der Waals surface area contributed by atoms with Gasteiger partial charge in [-0.2, -0.15) is 0 Å². The van der Waals surface area contributed by atoms with E-state index in [2.05, 4.69) is 10.6 Å². The minimum Gasteiger partial charge on any atom is -0.480 e. The molecule has 2 saturated carbocycles. The average Bonchev–Trinajstić information content (AvgIpc) is 2.79. The molecule has 0 spiro atoms. The largest absolute Gasteiger partial charge is 0.480 e. The Kier molecular flexibility index (Phi) is 8.71. The van der Waals surface area contributed by atoms with Gasteiger partial charge in [0.1, 0.15) is 0 Å². The number of carbonyl (C=O) groups is 4. The van der Waals surface area contributed by atoms with Gasteiger partial charge in [-0.05, 0) is 50.9 Å². The smallest absolute Gasteiger partial charge is 0.328 e. The molecule has 7 atom stereocenters. The third kappa shape index (κ3) is 6.10. The number of rotatable bonds is 10. The van der Waals surface area contributed by atoms with Crippen molar-refractivity contribution in [3.8, 4) is 0 Å². The van der Waals surface area contributed by atoms with Crippen LogP contribution in [0.3, 0.4) is 0 Å². The number of hydrogen-bond donors (Lipinski definition) is 6. The SMILES string of the molecule is C[C@@H](O)[C@H](NC1=CC(=O)C(N[C@H](C(=O)O)[C@@H](C)O)=C(CC2CCCC3CCCCC32)C1=O)C(=O)O. The lowest BCUT2D eigenvalue weighted by Gasteiger charge is -2.42. The topological polar surface area (TPSA) is 173 Å². The molecular weight excluding hydrogens is 456 g/mol. The molecule has 3 aliphatic carbocycles. The number of carboxylic acids is 2. The molecule has 35 heavy (non-hydrogen) atoms. The summed E-state index contributed by atoms with van der Waals surface area (Å²) in [6.45, 7) is 2.54. The summed E-state index contributed by atoms with van der Waals surface area (Å²) in [5.74, 6) is -2.92. The maximum Gasteiger partial charge on any atom is 0.328 e. The fourth-order valence-corrected chi connectivity index (χ4v) is 5.84. The van der Waals surface area contributed by atoms with Gasteiger partial charge in [-0.15, -0.1) is 0 Å². The lowest BCUT2D eigenvalue weighted by Crippen LogP contribution is -2.49. The first-order valence-electron chi connectivity index (χ1n) is 12.4. The Labute approximate surface area is 204 Å². The summed E-state index contributed by atoms with van der Waals surface area (Å²) in [7, 11) is 0. The molecule has 0 aliphatic heterocycles. The Hall–Kier alpha value is -2.72. The molecule has 6 N–H and O–H groups in total. The highest BCUT2D eigenvalue weighted by molar-refractivity contribution is 6.22. The first-order valence-corrected chi connectivity index (χ1v) is 12.4. The lowest BCUT2D eigenvalue weighted by molar-refractivity contribution is -0.143. The third-order valence-corrected chi connectivity index (χ3v) is 7.64. The maximum atomic E-state index is 13.6. The summed E-state index contributed by atoms with van der Waals surface area (Å²) in [6, 6.07) is -3.01. The van der Waals surface area contributed by atoms with Gasteiger partial charge in [0.2, 0.25) is 11.6 Å². The summed E-state index contributed by atoms with van der Waals surface area (Å²) in [5.41, 5.74) is -0.322. The number of aliphatic hydroxyl groups is 2. The second kappa shape index (κ2) is 11.3. The lowest BCUT2D eigenvalue weighted by atomic mass is 9.63. The Bertz CT molecular complexity index is 920. The number of fused-ring (bicyclic) bond motifs is 1. The van der Waals surface area contributed by atoms with Crippen molar-refractivity contribution in [2.45, 2.75) is 89.5 Å². The van der Waals surface area contributed by atoms with Gasteiger partial charge >= 0.3 is 11.9 Å². The highest BCUT2D eigenvalue weighted by Gasteiger charge is 2.40. The van der Waals surface area contributed by atoms with E-state index in [1.807, 2.05) is 0 Å². The molecule has 0 aromatic rings. The Morgan fingerprint density at radius 1 is 0.914 bits per heavy atom. The van der Waals surface area contributed by atoms with Crippen molar-refractivity contribution in [1.82, 2.24) is 10.6 Å². The van der Waals surface area contributed by atoms with Crippen LogP contribution in [0.2, 0.25) is 0 Å². The van der Waals surface area contributed by atoms with Crippen LogP contribution in [0.15, 0.2) is 23.0 Å². The molecule has 0 aromatic heterocycles. The van der Waals surface area contributed by atoms with Crippen molar-refractivity contribution >= 4 is 23.5 Å². The van der Waals surface area contributed by atoms with Crippen molar-refractivity contribution in [3.05, 3.63) is 23.0 Å². The van der Waals surface area contributed by atoms with E-state index >= 15 is 0 Å². The normalized spacial score (nSPS) is 28.3. The van der Waals surface area contributed by atoms with E-state index in [4.69, 9.17) is 0 Å². The highest BCUT2D eigenvalue weighted by atomic mass is 16.4. The third-order valence-electron chi connectivity index (χ3n) is 7.64.